The first kappa shape index (κ1) is 24.0. The van der Waals surface area contributed by atoms with Crippen molar-refractivity contribution in [2.75, 3.05) is 0 Å². The Morgan fingerprint density at radius 1 is 1.09 bits per heavy atom. The molecule has 5 nitrogen and oxygen atoms in total. The number of ether oxygens (including phenoxy) is 1. The predicted molar refractivity (Wildman–Crippen MR) is 135 cm³/mol. The first-order chi connectivity index (χ1) is 15.2. The number of fused-ring (bicyclic) bond motifs is 7. The van der Waals surface area contributed by atoms with Crippen molar-refractivity contribution >= 4 is 0 Å². The number of hydrogen-bond acceptors (Lipinski definition) is 5. The van der Waals surface area contributed by atoms with Gasteiger partial charge >= 0.3 is 0 Å². The van der Waals surface area contributed by atoms with Crippen LogP contribution in [-0.2, 0) is 4.74 Å². The Labute approximate surface area is 201 Å². The van der Waals surface area contributed by atoms with Crippen LogP contribution in [0.25, 0.3) is 0 Å². The third-order valence-electron chi connectivity index (χ3n) is 11.3. The van der Waals surface area contributed by atoms with E-state index >= 15 is 0 Å². The zero-order valence-electron chi connectivity index (χ0n) is 21.7. The van der Waals surface area contributed by atoms with Crippen LogP contribution in [0.3, 0.4) is 0 Å². The smallest absolute Gasteiger partial charge is 0.0913 e. The van der Waals surface area contributed by atoms with E-state index in [0.29, 0.717) is 23.8 Å². The van der Waals surface area contributed by atoms with Gasteiger partial charge in [0.15, 0.2) is 0 Å². The zero-order valence-corrected chi connectivity index (χ0v) is 21.7. The molecule has 0 aromatic heterocycles. The van der Waals surface area contributed by atoms with Gasteiger partial charge in [-0.1, -0.05) is 44.1 Å². The minimum Gasteiger partial charge on any atom is -0.371 e. The van der Waals surface area contributed by atoms with Crippen molar-refractivity contribution in [2.24, 2.45) is 57.4 Å². The molecule has 8 N–H and O–H groups in total. The molecule has 11 atom stereocenters. The Bertz CT molecular complexity index is 872. The summed E-state index contributed by atoms with van der Waals surface area (Å²) in [6.45, 7) is 13.5. The molecule has 0 aromatic rings. The lowest BCUT2D eigenvalue weighted by molar-refractivity contribution is -0.00910. The van der Waals surface area contributed by atoms with Crippen LogP contribution in [0.15, 0.2) is 23.3 Å². The standard InChI is InChI=1S/C28H48N4O/c1-15(25(2,3)31)22(30)24-28(6,32)23-21(33-24)14-20-18-8-7-16-13-17(29)9-11-26(16,4)19(18)10-12-27(20,23)5/h7-8,15,17,19-24H,9-14,29-32H2,1-6H3. The molecule has 0 aromatic carbocycles. The van der Waals surface area contributed by atoms with Crippen LogP contribution in [0.5, 0.6) is 0 Å². The minimum absolute atomic E-state index is 0.116. The van der Waals surface area contributed by atoms with Gasteiger partial charge in [-0.25, -0.2) is 0 Å². The lowest BCUT2D eigenvalue weighted by Gasteiger charge is -2.56. The Balaban J connectivity index is 1.45. The van der Waals surface area contributed by atoms with E-state index in [2.05, 4.69) is 53.7 Å². The molecule has 11 unspecified atom stereocenters. The highest BCUT2D eigenvalue weighted by Crippen LogP contribution is 2.68. The summed E-state index contributed by atoms with van der Waals surface area (Å²) in [5.41, 5.74) is 29.6. The van der Waals surface area contributed by atoms with Crippen molar-refractivity contribution < 1.29 is 4.74 Å². The highest BCUT2D eigenvalue weighted by atomic mass is 16.5. The van der Waals surface area contributed by atoms with E-state index < -0.39 is 5.54 Å². The topological polar surface area (TPSA) is 113 Å². The monoisotopic (exact) mass is 456 g/mol. The SMILES string of the molecule is CC(C(N)C1OC2CC3C4=CC=C5CC(N)CCC5(C)C4CCC3(C)C2C1(C)N)C(C)(C)N. The summed E-state index contributed by atoms with van der Waals surface area (Å²) in [5, 5.41) is 0. The molecule has 5 rings (SSSR count). The molecule has 1 aliphatic heterocycles. The van der Waals surface area contributed by atoms with E-state index in [1.54, 1.807) is 11.1 Å². The second-order valence-corrected chi connectivity index (χ2v) is 13.8. The van der Waals surface area contributed by atoms with E-state index in [1.165, 1.54) is 19.3 Å². The van der Waals surface area contributed by atoms with Gasteiger partial charge in [-0.05, 0) is 87.9 Å². The Kier molecular flexibility index (Phi) is 5.38. The van der Waals surface area contributed by atoms with Crippen LogP contribution in [0.1, 0.15) is 80.1 Å². The van der Waals surface area contributed by atoms with Gasteiger partial charge in [0.25, 0.3) is 0 Å². The Morgan fingerprint density at radius 3 is 2.45 bits per heavy atom. The highest BCUT2D eigenvalue weighted by molar-refractivity contribution is 5.40. The van der Waals surface area contributed by atoms with Crippen molar-refractivity contribution in [1.82, 2.24) is 0 Å². The Hall–Kier alpha value is -0.720. The van der Waals surface area contributed by atoms with Crippen LogP contribution in [0.2, 0.25) is 0 Å². The van der Waals surface area contributed by atoms with E-state index in [1.807, 2.05) is 0 Å². The van der Waals surface area contributed by atoms with E-state index in [-0.39, 0.29) is 40.5 Å². The summed E-state index contributed by atoms with van der Waals surface area (Å²) in [4.78, 5) is 0. The molecule has 0 bridgehead atoms. The summed E-state index contributed by atoms with van der Waals surface area (Å²) in [5.74, 6) is 1.62. The fourth-order valence-corrected chi connectivity index (χ4v) is 9.05. The van der Waals surface area contributed by atoms with Gasteiger partial charge < -0.3 is 27.7 Å². The number of nitrogens with two attached hydrogens (primary N) is 4. The predicted octanol–water partition coefficient (Wildman–Crippen LogP) is 3.61. The molecule has 4 aliphatic carbocycles. The van der Waals surface area contributed by atoms with Crippen LogP contribution in [0.4, 0.5) is 0 Å². The third-order valence-corrected chi connectivity index (χ3v) is 11.3. The van der Waals surface area contributed by atoms with Gasteiger partial charge in [0.05, 0.1) is 12.2 Å². The van der Waals surface area contributed by atoms with Crippen LogP contribution < -0.4 is 22.9 Å². The third kappa shape index (κ3) is 3.29. The van der Waals surface area contributed by atoms with Crippen molar-refractivity contribution in [2.45, 2.75) is 115 Å². The number of hydrogen-bond donors (Lipinski definition) is 4. The second kappa shape index (κ2) is 7.39. The molecule has 0 spiro atoms. The van der Waals surface area contributed by atoms with E-state index in [9.17, 15) is 0 Å². The summed E-state index contributed by atoms with van der Waals surface area (Å²) >= 11 is 0. The average molecular weight is 457 g/mol. The quantitative estimate of drug-likeness (QED) is 0.518. The minimum atomic E-state index is -0.461. The van der Waals surface area contributed by atoms with Gasteiger partial charge in [0, 0.05) is 29.1 Å². The maximum absolute atomic E-state index is 7.21. The zero-order chi connectivity index (χ0) is 24.1. The van der Waals surface area contributed by atoms with Crippen molar-refractivity contribution in [3.05, 3.63) is 23.3 Å². The Morgan fingerprint density at radius 2 is 1.79 bits per heavy atom. The lowest BCUT2D eigenvalue weighted by atomic mass is 9.49. The second-order valence-electron chi connectivity index (χ2n) is 13.8. The molecule has 0 amide bonds. The summed E-state index contributed by atoms with van der Waals surface area (Å²) in [6.07, 6.45) is 11.9. The maximum atomic E-state index is 7.21. The van der Waals surface area contributed by atoms with Gasteiger partial charge in [0.2, 0.25) is 0 Å². The molecule has 3 saturated carbocycles. The fourth-order valence-electron chi connectivity index (χ4n) is 9.05. The molecular weight excluding hydrogens is 408 g/mol. The molecule has 33 heavy (non-hydrogen) atoms. The van der Waals surface area contributed by atoms with Crippen LogP contribution >= 0.6 is 0 Å². The van der Waals surface area contributed by atoms with Gasteiger partial charge in [-0.15, -0.1) is 0 Å². The average Bonchev–Trinajstić information content (AvgIpc) is 3.17. The molecule has 1 heterocycles. The van der Waals surface area contributed by atoms with Crippen molar-refractivity contribution in [3.8, 4) is 0 Å². The molecule has 0 radical (unpaired) electrons. The molecule has 4 fully saturated rings. The van der Waals surface area contributed by atoms with E-state index in [0.717, 1.165) is 19.3 Å². The summed E-state index contributed by atoms with van der Waals surface area (Å²) in [7, 11) is 0. The van der Waals surface area contributed by atoms with Crippen molar-refractivity contribution in [3.63, 3.8) is 0 Å². The first-order valence-corrected chi connectivity index (χ1v) is 13.4. The molecular formula is C28H48N4O. The normalized spacial score (nSPS) is 51.0. The molecule has 5 heteroatoms. The number of allylic oxidation sites excluding steroid dienone is 3. The lowest BCUT2D eigenvalue weighted by Crippen LogP contribution is -2.64. The van der Waals surface area contributed by atoms with E-state index in [4.69, 9.17) is 27.7 Å². The molecule has 1 saturated heterocycles. The van der Waals surface area contributed by atoms with Gasteiger partial charge in [-0.3, -0.25) is 0 Å². The summed E-state index contributed by atoms with van der Waals surface area (Å²) in [6, 6.07) is 0.154. The largest absolute Gasteiger partial charge is 0.371 e. The summed E-state index contributed by atoms with van der Waals surface area (Å²) < 4.78 is 6.80. The first-order valence-electron chi connectivity index (χ1n) is 13.4. The molecule has 5 aliphatic rings. The van der Waals surface area contributed by atoms with Crippen molar-refractivity contribution in [1.29, 1.82) is 0 Å². The van der Waals surface area contributed by atoms with Crippen LogP contribution in [0, 0.1) is 34.5 Å². The maximum Gasteiger partial charge on any atom is 0.0913 e. The number of rotatable bonds is 3. The molecule has 186 valence electrons. The highest BCUT2D eigenvalue weighted by Gasteiger charge is 2.68. The van der Waals surface area contributed by atoms with Gasteiger partial charge in [-0.2, -0.15) is 0 Å². The van der Waals surface area contributed by atoms with Crippen LogP contribution in [-0.4, -0.2) is 35.4 Å². The van der Waals surface area contributed by atoms with Gasteiger partial charge in [0.1, 0.15) is 0 Å². The fraction of sp³-hybridized carbons (Fsp3) is 0.857.